The van der Waals surface area contributed by atoms with Gasteiger partial charge >= 0.3 is 0 Å². The van der Waals surface area contributed by atoms with Crippen LogP contribution in [0.3, 0.4) is 0 Å². The van der Waals surface area contributed by atoms with E-state index in [9.17, 15) is 14.4 Å². The van der Waals surface area contributed by atoms with Gasteiger partial charge in [-0.1, -0.05) is 34.1 Å². The van der Waals surface area contributed by atoms with Crippen LogP contribution in [0.25, 0.3) is 0 Å². The van der Waals surface area contributed by atoms with Gasteiger partial charge in [-0.3, -0.25) is 19.3 Å². The number of imide groups is 1. The SMILES string of the molecule is CC1=C[C@@H]2O[C@H]1[C@H](Br)C(=O)[C@@H]2N1C(=O)c2ccccc2C1=O. The number of Topliss-reactive ketones (excluding diaryl/α,β-unsaturated/α-hetero) is 1. The summed E-state index contributed by atoms with van der Waals surface area (Å²) in [6, 6.07) is 5.71. The largest absolute Gasteiger partial charge is 0.362 e. The van der Waals surface area contributed by atoms with E-state index in [4.69, 9.17) is 4.74 Å². The molecular formula is C16H12BrNO4. The number of fused-ring (bicyclic) bond motifs is 3. The van der Waals surface area contributed by atoms with Gasteiger partial charge in [0.05, 0.1) is 17.2 Å². The van der Waals surface area contributed by atoms with Gasteiger partial charge in [-0.25, -0.2) is 0 Å². The first kappa shape index (κ1) is 13.8. The lowest BCUT2D eigenvalue weighted by Gasteiger charge is -2.36. The number of ether oxygens (including phenoxy) is 1. The summed E-state index contributed by atoms with van der Waals surface area (Å²) in [5.74, 6) is -1.05. The molecule has 22 heavy (non-hydrogen) atoms. The third kappa shape index (κ3) is 1.65. The molecule has 3 aliphatic heterocycles. The predicted molar refractivity (Wildman–Crippen MR) is 80.9 cm³/mol. The number of rotatable bonds is 1. The minimum Gasteiger partial charge on any atom is -0.362 e. The molecule has 1 aromatic carbocycles. The molecule has 1 aromatic rings. The van der Waals surface area contributed by atoms with Crippen LogP contribution < -0.4 is 0 Å². The highest BCUT2D eigenvalue weighted by molar-refractivity contribution is 9.10. The van der Waals surface area contributed by atoms with Crippen LogP contribution in [0.15, 0.2) is 35.9 Å². The summed E-state index contributed by atoms with van der Waals surface area (Å²) in [5.41, 5.74) is 1.62. The molecule has 3 aliphatic rings. The molecule has 2 bridgehead atoms. The van der Waals surface area contributed by atoms with Crippen molar-refractivity contribution < 1.29 is 19.1 Å². The van der Waals surface area contributed by atoms with Gasteiger partial charge in [0, 0.05) is 0 Å². The molecule has 0 radical (unpaired) electrons. The minimum absolute atomic E-state index is 0.191. The van der Waals surface area contributed by atoms with Crippen molar-refractivity contribution in [3.8, 4) is 0 Å². The predicted octanol–water partition coefficient (Wildman–Crippen LogP) is 1.71. The van der Waals surface area contributed by atoms with Crippen molar-refractivity contribution in [2.24, 2.45) is 0 Å². The summed E-state index contributed by atoms with van der Waals surface area (Å²) in [5, 5.41) is 0. The lowest BCUT2D eigenvalue weighted by molar-refractivity contribution is -0.134. The van der Waals surface area contributed by atoms with Crippen LogP contribution in [0.5, 0.6) is 0 Å². The molecule has 0 unspecified atom stereocenters. The number of ketones is 1. The number of nitrogens with zero attached hydrogens (tertiary/aromatic N) is 1. The summed E-state index contributed by atoms with van der Waals surface area (Å²) < 4.78 is 5.81. The van der Waals surface area contributed by atoms with Crippen molar-refractivity contribution in [2.75, 3.05) is 0 Å². The topological polar surface area (TPSA) is 63.7 Å². The molecule has 0 N–H and O–H groups in total. The molecule has 0 spiro atoms. The zero-order valence-corrected chi connectivity index (χ0v) is 13.2. The van der Waals surface area contributed by atoms with Crippen molar-refractivity contribution in [2.45, 2.75) is 30.0 Å². The summed E-state index contributed by atoms with van der Waals surface area (Å²) in [7, 11) is 0. The molecule has 0 aromatic heterocycles. The van der Waals surface area contributed by atoms with E-state index in [-0.39, 0.29) is 11.9 Å². The molecule has 4 rings (SSSR count). The van der Waals surface area contributed by atoms with Gasteiger partial charge in [0.2, 0.25) is 0 Å². The van der Waals surface area contributed by atoms with Crippen LogP contribution in [0.1, 0.15) is 27.6 Å². The normalized spacial score (nSPS) is 33.3. The Hall–Kier alpha value is -1.79. The van der Waals surface area contributed by atoms with E-state index in [1.807, 2.05) is 13.0 Å². The second-order valence-electron chi connectivity index (χ2n) is 5.71. The quantitative estimate of drug-likeness (QED) is 0.434. The van der Waals surface area contributed by atoms with E-state index in [1.54, 1.807) is 24.3 Å². The monoisotopic (exact) mass is 361 g/mol. The first-order valence-electron chi connectivity index (χ1n) is 6.99. The number of hydrogen-bond acceptors (Lipinski definition) is 4. The lowest BCUT2D eigenvalue weighted by Crippen LogP contribution is -2.58. The van der Waals surface area contributed by atoms with Crippen molar-refractivity contribution in [1.29, 1.82) is 0 Å². The van der Waals surface area contributed by atoms with Gasteiger partial charge < -0.3 is 4.74 Å². The smallest absolute Gasteiger partial charge is 0.262 e. The van der Waals surface area contributed by atoms with E-state index in [0.717, 1.165) is 10.5 Å². The van der Waals surface area contributed by atoms with E-state index >= 15 is 0 Å². The maximum atomic E-state index is 12.7. The molecule has 112 valence electrons. The number of amides is 2. The van der Waals surface area contributed by atoms with Crippen molar-refractivity contribution in [3.05, 3.63) is 47.0 Å². The molecule has 0 saturated carbocycles. The highest BCUT2D eigenvalue weighted by atomic mass is 79.9. The second-order valence-corrected chi connectivity index (χ2v) is 6.69. The minimum atomic E-state index is -0.912. The first-order chi connectivity index (χ1) is 10.5. The van der Waals surface area contributed by atoms with Crippen molar-refractivity contribution in [3.63, 3.8) is 0 Å². The standard InChI is InChI=1S/C16H12BrNO4/c1-7-6-10-12(13(19)11(17)14(7)22-10)18-15(20)8-4-2-3-5-9(8)16(18)21/h2-6,10-12,14H,1H3/t10-,11+,12+,14+/m0/s1. The molecule has 2 amide bonds. The molecule has 3 heterocycles. The van der Waals surface area contributed by atoms with Gasteiger partial charge in [0.25, 0.3) is 11.8 Å². The Bertz CT molecular complexity index is 721. The Morgan fingerprint density at radius 3 is 2.27 bits per heavy atom. The van der Waals surface area contributed by atoms with Crippen LogP contribution >= 0.6 is 15.9 Å². The van der Waals surface area contributed by atoms with E-state index in [1.165, 1.54) is 0 Å². The molecule has 6 heteroatoms. The van der Waals surface area contributed by atoms with Crippen LogP contribution in [-0.2, 0) is 9.53 Å². The Kier molecular flexibility index (Phi) is 2.90. The van der Waals surface area contributed by atoms with Gasteiger partial charge in [-0.05, 0) is 24.6 Å². The fourth-order valence-electron chi connectivity index (χ4n) is 3.34. The Balaban J connectivity index is 1.78. The number of hydrogen-bond donors (Lipinski definition) is 0. The van der Waals surface area contributed by atoms with Crippen LogP contribution in [0, 0.1) is 0 Å². The molecule has 5 nitrogen and oxygen atoms in total. The van der Waals surface area contributed by atoms with Crippen LogP contribution in [0.4, 0.5) is 0 Å². The molecule has 0 aliphatic carbocycles. The Morgan fingerprint density at radius 1 is 1.09 bits per heavy atom. The average molecular weight is 362 g/mol. The zero-order chi connectivity index (χ0) is 15.6. The third-order valence-electron chi connectivity index (χ3n) is 4.42. The lowest BCUT2D eigenvalue weighted by atomic mass is 9.99. The summed E-state index contributed by atoms with van der Waals surface area (Å²) in [6.07, 6.45) is 0.954. The van der Waals surface area contributed by atoms with Gasteiger partial charge in [-0.15, -0.1) is 0 Å². The van der Waals surface area contributed by atoms with Gasteiger partial charge in [0.15, 0.2) is 5.78 Å². The van der Waals surface area contributed by atoms with Crippen LogP contribution in [-0.4, -0.2) is 45.6 Å². The number of carbonyl (C=O) groups is 3. The van der Waals surface area contributed by atoms with Crippen molar-refractivity contribution in [1.82, 2.24) is 4.90 Å². The number of halogens is 1. The number of benzene rings is 1. The maximum Gasteiger partial charge on any atom is 0.262 e. The Morgan fingerprint density at radius 2 is 1.68 bits per heavy atom. The summed E-state index contributed by atoms with van der Waals surface area (Å²) in [4.78, 5) is 38.3. The average Bonchev–Trinajstić information content (AvgIpc) is 2.98. The Labute approximate surface area is 135 Å². The summed E-state index contributed by atoms with van der Waals surface area (Å²) >= 11 is 3.35. The highest BCUT2D eigenvalue weighted by Gasteiger charge is 2.54. The van der Waals surface area contributed by atoms with Gasteiger partial charge in [0.1, 0.15) is 17.0 Å². The fraction of sp³-hybridized carbons (Fsp3) is 0.312. The molecular weight excluding hydrogens is 350 g/mol. The highest BCUT2D eigenvalue weighted by Crippen LogP contribution is 2.38. The third-order valence-corrected chi connectivity index (χ3v) is 5.36. The van der Waals surface area contributed by atoms with Crippen LogP contribution in [0.2, 0.25) is 0 Å². The first-order valence-corrected chi connectivity index (χ1v) is 7.91. The van der Waals surface area contributed by atoms with Crippen molar-refractivity contribution >= 4 is 33.5 Å². The van der Waals surface area contributed by atoms with E-state index in [0.29, 0.717) is 11.1 Å². The zero-order valence-electron chi connectivity index (χ0n) is 11.7. The number of alkyl halides is 1. The summed E-state index contributed by atoms with van der Waals surface area (Å²) in [6.45, 7) is 1.89. The fourth-order valence-corrected chi connectivity index (χ4v) is 4.16. The molecule has 4 atom stereocenters. The maximum absolute atomic E-state index is 12.7. The van der Waals surface area contributed by atoms with E-state index < -0.39 is 28.8 Å². The van der Waals surface area contributed by atoms with E-state index in [2.05, 4.69) is 15.9 Å². The second kappa shape index (κ2) is 4.60. The molecule has 1 fully saturated rings. The number of carbonyl (C=O) groups excluding carboxylic acids is 3. The van der Waals surface area contributed by atoms with Gasteiger partial charge in [-0.2, -0.15) is 0 Å². The molecule has 1 saturated heterocycles.